The minimum atomic E-state index is 0.289. The fraction of sp³-hybridized carbons (Fsp3) is 0.143. The van der Waals surface area contributed by atoms with Crippen molar-refractivity contribution in [2.45, 2.75) is 6.42 Å². The van der Waals surface area contributed by atoms with Gasteiger partial charge in [-0.2, -0.15) is 5.26 Å². The molecule has 0 bridgehead atoms. The van der Waals surface area contributed by atoms with Gasteiger partial charge in [-0.25, -0.2) is 4.98 Å². The van der Waals surface area contributed by atoms with Crippen LogP contribution in [-0.4, -0.2) is 19.6 Å². The van der Waals surface area contributed by atoms with E-state index in [0.717, 1.165) is 5.69 Å². The summed E-state index contributed by atoms with van der Waals surface area (Å²) >= 11 is 0. The number of hydrogen-bond donors (Lipinski definition) is 0. The SMILES string of the molecule is N#CCc1[c]cnc2nncn12. The zero-order valence-corrected chi connectivity index (χ0v) is 6.10. The number of fused-ring (bicyclic) bond motifs is 1. The van der Waals surface area contributed by atoms with Gasteiger partial charge in [0.2, 0.25) is 0 Å². The first-order valence-electron chi connectivity index (χ1n) is 3.34. The van der Waals surface area contributed by atoms with Crippen molar-refractivity contribution in [1.29, 1.82) is 5.26 Å². The van der Waals surface area contributed by atoms with Crippen LogP contribution in [0.2, 0.25) is 0 Å². The molecule has 0 unspecified atom stereocenters. The first-order chi connectivity index (χ1) is 5.92. The van der Waals surface area contributed by atoms with Gasteiger partial charge >= 0.3 is 0 Å². The van der Waals surface area contributed by atoms with Gasteiger partial charge in [0.25, 0.3) is 5.78 Å². The van der Waals surface area contributed by atoms with E-state index in [-0.39, 0.29) is 6.42 Å². The van der Waals surface area contributed by atoms with Crippen LogP contribution in [0.1, 0.15) is 5.69 Å². The topological polar surface area (TPSA) is 66.9 Å². The van der Waals surface area contributed by atoms with Crippen molar-refractivity contribution >= 4 is 5.78 Å². The maximum Gasteiger partial charge on any atom is 0.255 e. The van der Waals surface area contributed by atoms with Crippen LogP contribution >= 0.6 is 0 Å². The average molecular weight is 158 g/mol. The van der Waals surface area contributed by atoms with Crippen molar-refractivity contribution in [2.24, 2.45) is 0 Å². The quantitative estimate of drug-likeness (QED) is 0.585. The van der Waals surface area contributed by atoms with Crippen molar-refractivity contribution in [1.82, 2.24) is 19.6 Å². The second-order valence-electron chi connectivity index (χ2n) is 2.19. The lowest BCUT2D eigenvalue weighted by Gasteiger charge is -1.95. The van der Waals surface area contributed by atoms with Gasteiger partial charge < -0.3 is 0 Å². The lowest BCUT2D eigenvalue weighted by Crippen LogP contribution is -1.96. The zero-order valence-electron chi connectivity index (χ0n) is 6.10. The van der Waals surface area contributed by atoms with Crippen LogP contribution in [0.15, 0.2) is 12.5 Å². The molecule has 2 aromatic rings. The number of aromatic nitrogens is 4. The molecule has 0 atom stereocenters. The van der Waals surface area contributed by atoms with Gasteiger partial charge in [-0.1, -0.05) is 0 Å². The second kappa shape index (κ2) is 2.58. The van der Waals surface area contributed by atoms with Gasteiger partial charge in [0.1, 0.15) is 6.33 Å². The van der Waals surface area contributed by atoms with Crippen molar-refractivity contribution in [3.8, 4) is 6.07 Å². The van der Waals surface area contributed by atoms with E-state index in [1.54, 1.807) is 4.40 Å². The summed E-state index contributed by atoms with van der Waals surface area (Å²) in [6.45, 7) is 0. The molecule has 0 N–H and O–H groups in total. The highest BCUT2D eigenvalue weighted by molar-refractivity contribution is 5.27. The van der Waals surface area contributed by atoms with E-state index < -0.39 is 0 Å². The van der Waals surface area contributed by atoms with Crippen molar-refractivity contribution in [3.63, 3.8) is 0 Å². The molecule has 2 rings (SSSR count). The lowest BCUT2D eigenvalue weighted by atomic mass is 10.3. The predicted molar refractivity (Wildman–Crippen MR) is 38.9 cm³/mol. The normalized spacial score (nSPS) is 9.92. The Bertz CT molecular complexity index is 438. The van der Waals surface area contributed by atoms with Gasteiger partial charge in [-0.15, -0.1) is 10.2 Å². The van der Waals surface area contributed by atoms with Crippen LogP contribution in [-0.2, 0) is 6.42 Å². The standard InChI is InChI=1S/C7H4N5/c8-3-1-6-2-4-9-7-11-10-5-12(6)7/h4-5H,1H2. The maximum atomic E-state index is 8.47. The fourth-order valence-corrected chi connectivity index (χ4v) is 0.952. The van der Waals surface area contributed by atoms with E-state index in [0.29, 0.717) is 5.78 Å². The predicted octanol–water partition coefficient (Wildman–Crippen LogP) is -0.00943. The van der Waals surface area contributed by atoms with E-state index in [1.807, 2.05) is 6.07 Å². The molecule has 5 nitrogen and oxygen atoms in total. The second-order valence-corrected chi connectivity index (χ2v) is 2.19. The zero-order chi connectivity index (χ0) is 8.39. The minimum absolute atomic E-state index is 0.289. The molecule has 0 amide bonds. The molecule has 2 aromatic heterocycles. The molecule has 0 saturated heterocycles. The largest absolute Gasteiger partial charge is 0.268 e. The Hall–Kier alpha value is -1.96. The minimum Gasteiger partial charge on any atom is -0.268 e. The van der Waals surface area contributed by atoms with Crippen molar-refractivity contribution in [2.75, 3.05) is 0 Å². The number of nitriles is 1. The molecule has 0 fully saturated rings. The monoisotopic (exact) mass is 158 g/mol. The molecule has 0 aliphatic rings. The smallest absolute Gasteiger partial charge is 0.255 e. The van der Waals surface area contributed by atoms with E-state index in [2.05, 4.69) is 21.2 Å². The Balaban J connectivity index is 2.67. The van der Waals surface area contributed by atoms with E-state index >= 15 is 0 Å². The molecule has 0 aliphatic carbocycles. The summed E-state index contributed by atoms with van der Waals surface area (Å²) in [6.07, 6.45) is 3.30. The van der Waals surface area contributed by atoms with Crippen LogP contribution in [0.5, 0.6) is 0 Å². The highest BCUT2D eigenvalue weighted by atomic mass is 15.3. The number of nitrogens with zero attached hydrogens (tertiary/aromatic N) is 5. The molecule has 0 aromatic carbocycles. The third kappa shape index (κ3) is 0.900. The molecule has 0 aliphatic heterocycles. The third-order valence-electron chi connectivity index (χ3n) is 1.48. The van der Waals surface area contributed by atoms with E-state index in [4.69, 9.17) is 5.26 Å². The number of rotatable bonds is 1. The Morgan fingerprint density at radius 2 is 2.58 bits per heavy atom. The van der Waals surface area contributed by atoms with Gasteiger partial charge in [0.05, 0.1) is 18.2 Å². The summed E-state index contributed by atoms with van der Waals surface area (Å²) in [7, 11) is 0. The van der Waals surface area contributed by atoms with Crippen LogP contribution < -0.4 is 0 Å². The van der Waals surface area contributed by atoms with Crippen molar-refractivity contribution < 1.29 is 0 Å². The van der Waals surface area contributed by atoms with Gasteiger partial charge in [0, 0.05) is 12.3 Å². The van der Waals surface area contributed by atoms with Gasteiger partial charge in [-0.3, -0.25) is 4.40 Å². The lowest BCUT2D eigenvalue weighted by molar-refractivity contribution is 0.992. The van der Waals surface area contributed by atoms with Crippen LogP contribution in [0.3, 0.4) is 0 Å². The van der Waals surface area contributed by atoms with Crippen molar-refractivity contribution in [3.05, 3.63) is 24.3 Å². The molecule has 2 heterocycles. The Labute approximate surface area is 68.3 Å². The Morgan fingerprint density at radius 3 is 3.42 bits per heavy atom. The molecule has 1 radical (unpaired) electrons. The summed E-state index contributed by atoms with van der Waals surface area (Å²) in [4.78, 5) is 3.91. The van der Waals surface area contributed by atoms with Crippen LogP contribution in [0.25, 0.3) is 5.78 Å². The number of hydrogen-bond acceptors (Lipinski definition) is 4. The highest BCUT2D eigenvalue weighted by Gasteiger charge is 2.00. The van der Waals surface area contributed by atoms with E-state index in [9.17, 15) is 0 Å². The molecule has 0 saturated carbocycles. The summed E-state index contributed by atoms with van der Waals surface area (Å²) in [5.41, 5.74) is 0.729. The molecule has 0 spiro atoms. The Kier molecular flexibility index (Phi) is 1.45. The van der Waals surface area contributed by atoms with Crippen LogP contribution in [0.4, 0.5) is 0 Å². The van der Waals surface area contributed by atoms with Gasteiger partial charge in [0.15, 0.2) is 0 Å². The summed E-state index contributed by atoms with van der Waals surface area (Å²) in [5.74, 6) is 0.499. The molecule has 12 heavy (non-hydrogen) atoms. The maximum absolute atomic E-state index is 8.47. The van der Waals surface area contributed by atoms with E-state index in [1.165, 1.54) is 12.5 Å². The van der Waals surface area contributed by atoms with Gasteiger partial charge in [-0.05, 0) is 0 Å². The summed E-state index contributed by atoms with van der Waals surface area (Å²) in [5, 5.41) is 15.9. The molecule has 5 heteroatoms. The first-order valence-corrected chi connectivity index (χ1v) is 3.34. The molecule has 57 valence electrons. The molecular weight excluding hydrogens is 154 g/mol. The third-order valence-corrected chi connectivity index (χ3v) is 1.48. The highest BCUT2D eigenvalue weighted by Crippen LogP contribution is 2.00. The fourth-order valence-electron chi connectivity index (χ4n) is 0.952. The summed E-state index contributed by atoms with van der Waals surface area (Å²) in [6, 6.07) is 4.88. The average Bonchev–Trinajstić information content (AvgIpc) is 2.53. The Morgan fingerprint density at radius 1 is 1.67 bits per heavy atom. The summed E-state index contributed by atoms with van der Waals surface area (Å²) < 4.78 is 1.64. The van der Waals surface area contributed by atoms with Crippen LogP contribution in [0, 0.1) is 17.4 Å². The molecular formula is C7H4N5. The first kappa shape index (κ1) is 6.73.